The molecule has 0 bridgehead atoms. The van der Waals surface area contributed by atoms with Crippen LogP contribution in [-0.2, 0) is 16.0 Å². The van der Waals surface area contributed by atoms with Crippen LogP contribution >= 0.6 is 0 Å². The van der Waals surface area contributed by atoms with Crippen molar-refractivity contribution in [2.75, 3.05) is 34.0 Å². The lowest BCUT2D eigenvalue weighted by Gasteiger charge is -2.28. The number of hydrogen-bond donors (Lipinski definition) is 2. The lowest BCUT2D eigenvalue weighted by molar-refractivity contribution is 0.0705. The highest BCUT2D eigenvalue weighted by Crippen LogP contribution is 2.11. The van der Waals surface area contributed by atoms with E-state index in [0.717, 1.165) is 18.7 Å². The van der Waals surface area contributed by atoms with Crippen molar-refractivity contribution < 1.29 is 14.7 Å². The molecule has 3 N–H and O–H groups in total. The molecule has 21 heavy (non-hydrogen) atoms. The van der Waals surface area contributed by atoms with E-state index < -0.39 is 0 Å². The zero-order valence-corrected chi connectivity index (χ0v) is 13.0. The van der Waals surface area contributed by atoms with E-state index in [9.17, 15) is 0 Å². The Balaban J connectivity index is 2.82. The smallest absolute Gasteiger partial charge is 0.170 e. The average molecular weight is 295 g/mol. The quantitative estimate of drug-likeness (QED) is 0.310. The van der Waals surface area contributed by atoms with Crippen LogP contribution in [0, 0.1) is 0 Å². The van der Waals surface area contributed by atoms with Crippen LogP contribution in [0.15, 0.2) is 29.4 Å². The third kappa shape index (κ3) is 5.71. The van der Waals surface area contributed by atoms with Gasteiger partial charge >= 0.3 is 0 Å². The molecule has 6 nitrogen and oxygen atoms in total. The Kier molecular flexibility index (Phi) is 7.74. The van der Waals surface area contributed by atoms with Crippen LogP contribution in [-0.4, -0.2) is 56.0 Å². The number of nitrogens with two attached hydrogens (primary N) is 1. The SMILES string of the molecule is COCCN(Cc1cccc(C(N)=NO)c1)C(C)COC. The molecule has 1 rings (SSSR count). The van der Waals surface area contributed by atoms with Crippen LogP contribution in [0.1, 0.15) is 18.1 Å². The van der Waals surface area contributed by atoms with E-state index in [2.05, 4.69) is 17.0 Å². The van der Waals surface area contributed by atoms with E-state index in [1.807, 2.05) is 24.3 Å². The molecule has 1 unspecified atom stereocenters. The molecule has 0 fully saturated rings. The van der Waals surface area contributed by atoms with Gasteiger partial charge in [0.15, 0.2) is 5.84 Å². The first-order valence-corrected chi connectivity index (χ1v) is 6.91. The number of benzene rings is 1. The van der Waals surface area contributed by atoms with E-state index in [4.69, 9.17) is 20.4 Å². The molecule has 118 valence electrons. The van der Waals surface area contributed by atoms with Crippen molar-refractivity contribution in [1.29, 1.82) is 0 Å². The number of nitrogens with zero attached hydrogens (tertiary/aromatic N) is 2. The molecular formula is C15H25N3O3. The Morgan fingerprint density at radius 1 is 1.38 bits per heavy atom. The minimum absolute atomic E-state index is 0.116. The second-order valence-corrected chi connectivity index (χ2v) is 4.95. The van der Waals surface area contributed by atoms with Gasteiger partial charge in [0, 0.05) is 38.9 Å². The van der Waals surface area contributed by atoms with E-state index in [-0.39, 0.29) is 11.9 Å². The van der Waals surface area contributed by atoms with Crippen molar-refractivity contribution in [1.82, 2.24) is 4.90 Å². The summed E-state index contributed by atoms with van der Waals surface area (Å²) < 4.78 is 10.4. The molecule has 0 saturated carbocycles. The molecular weight excluding hydrogens is 270 g/mol. The topological polar surface area (TPSA) is 80.3 Å². The van der Waals surface area contributed by atoms with E-state index in [1.165, 1.54) is 0 Å². The lowest BCUT2D eigenvalue weighted by Crippen LogP contribution is -2.38. The molecule has 1 aromatic carbocycles. The van der Waals surface area contributed by atoms with Gasteiger partial charge in [0.2, 0.25) is 0 Å². The van der Waals surface area contributed by atoms with Gasteiger partial charge in [-0.15, -0.1) is 0 Å². The van der Waals surface area contributed by atoms with Gasteiger partial charge in [-0.2, -0.15) is 0 Å². The number of methoxy groups -OCH3 is 2. The van der Waals surface area contributed by atoms with Gasteiger partial charge in [0.25, 0.3) is 0 Å². The van der Waals surface area contributed by atoms with Gasteiger partial charge in [-0.3, -0.25) is 4.90 Å². The first-order chi connectivity index (χ1) is 10.1. The number of ether oxygens (including phenoxy) is 2. The molecule has 0 saturated heterocycles. The van der Waals surface area contributed by atoms with E-state index in [0.29, 0.717) is 18.8 Å². The van der Waals surface area contributed by atoms with Gasteiger partial charge in [0.05, 0.1) is 13.2 Å². The van der Waals surface area contributed by atoms with Gasteiger partial charge in [-0.1, -0.05) is 23.4 Å². The summed E-state index contributed by atoms with van der Waals surface area (Å²) in [5, 5.41) is 11.8. The fourth-order valence-corrected chi connectivity index (χ4v) is 2.13. The van der Waals surface area contributed by atoms with Gasteiger partial charge in [-0.25, -0.2) is 0 Å². The first-order valence-electron chi connectivity index (χ1n) is 6.91. The Morgan fingerprint density at radius 3 is 2.76 bits per heavy atom. The predicted molar refractivity (Wildman–Crippen MR) is 82.6 cm³/mol. The molecule has 0 aromatic heterocycles. The molecule has 0 amide bonds. The van der Waals surface area contributed by atoms with Crippen molar-refractivity contribution in [3.8, 4) is 0 Å². The van der Waals surface area contributed by atoms with Crippen molar-refractivity contribution in [2.45, 2.75) is 19.5 Å². The molecule has 6 heteroatoms. The molecule has 1 aromatic rings. The zero-order valence-electron chi connectivity index (χ0n) is 13.0. The summed E-state index contributed by atoms with van der Waals surface area (Å²) in [5.41, 5.74) is 7.43. The summed E-state index contributed by atoms with van der Waals surface area (Å²) >= 11 is 0. The third-order valence-corrected chi connectivity index (χ3v) is 3.33. The summed E-state index contributed by atoms with van der Waals surface area (Å²) in [6, 6.07) is 7.94. The van der Waals surface area contributed by atoms with Crippen LogP contribution in [0.4, 0.5) is 0 Å². The third-order valence-electron chi connectivity index (χ3n) is 3.33. The standard InChI is InChI=1S/C15H25N3O3/c1-12(11-21-3)18(7-8-20-2)10-13-5-4-6-14(9-13)15(16)17-19/h4-6,9,12,19H,7-8,10-11H2,1-3H3,(H2,16,17). The monoisotopic (exact) mass is 295 g/mol. The Morgan fingerprint density at radius 2 is 2.14 bits per heavy atom. The Labute approximate surface area is 126 Å². The largest absolute Gasteiger partial charge is 0.409 e. The summed E-state index contributed by atoms with van der Waals surface area (Å²) in [7, 11) is 3.39. The molecule has 0 aliphatic heterocycles. The molecule has 0 spiro atoms. The maximum absolute atomic E-state index is 8.75. The molecule has 0 radical (unpaired) electrons. The van der Waals surface area contributed by atoms with Crippen LogP contribution in [0.25, 0.3) is 0 Å². The highest BCUT2D eigenvalue weighted by atomic mass is 16.5. The van der Waals surface area contributed by atoms with Gasteiger partial charge in [0.1, 0.15) is 0 Å². The Hall–Kier alpha value is -1.63. The van der Waals surface area contributed by atoms with Crippen molar-refractivity contribution in [2.24, 2.45) is 10.9 Å². The van der Waals surface area contributed by atoms with E-state index in [1.54, 1.807) is 14.2 Å². The molecule has 1 atom stereocenters. The zero-order chi connectivity index (χ0) is 15.7. The van der Waals surface area contributed by atoms with Crippen molar-refractivity contribution in [3.63, 3.8) is 0 Å². The molecule has 0 aliphatic rings. The lowest BCUT2D eigenvalue weighted by atomic mass is 10.1. The van der Waals surface area contributed by atoms with Crippen LogP contribution < -0.4 is 5.73 Å². The maximum Gasteiger partial charge on any atom is 0.170 e. The predicted octanol–water partition coefficient (Wildman–Crippen LogP) is 1.26. The van der Waals surface area contributed by atoms with E-state index >= 15 is 0 Å². The second-order valence-electron chi connectivity index (χ2n) is 4.95. The highest BCUT2D eigenvalue weighted by molar-refractivity contribution is 5.97. The maximum atomic E-state index is 8.75. The number of rotatable bonds is 9. The minimum atomic E-state index is 0.116. The number of hydrogen-bond acceptors (Lipinski definition) is 5. The van der Waals surface area contributed by atoms with Crippen LogP contribution in [0.5, 0.6) is 0 Å². The highest BCUT2D eigenvalue weighted by Gasteiger charge is 2.14. The summed E-state index contributed by atoms with van der Waals surface area (Å²) in [4.78, 5) is 2.28. The molecule has 0 aliphatic carbocycles. The van der Waals surface area contributed by atoms with Crippen LogP contribution in [0.3, 0.4) is 0 Å². The van der Waals surface area contributed by atoms with Crippen molar-refractivity contribution in [3.05, 3.63) is 35.4 Å². The number of oxime groups is 1. The van der Waals surface area contributed by atoms with Gasteiger partial charge < -0.3 is 20.4 Å². The fraction of sp³-hybridized carbons (Fsp3) is 0.533. The summed E-state index contributed by atoms with van der Waals surface area (Å²) in [6.45, 7) is 5.00. The summed E-state index contributed by atoms with van der Waals surface area (Å²) in [5.74, 6) is 0.116. The van der Waals surface area contributed by atoms with Gasteiger partial charge in [-0.05, 0) is 18.6 Å². The normalized spacial score (nSPS) is 13.6. The first kappa shape index (κ1) is 17.4. The molecule has 0 heterocycles. The number of amidine groups is 1. The summed E-state index contributed by atoms with van der Waals surface area (Å²) in [6.07, 6.45) is 0. The minimum Gasteiger partial charge on any atom is -0.409 e. The second kappa shape index (κ2) is 9.33. The van der Waals surface area contributed by atoms with Crippen LogP contribution in [0.2, 0.25) is 0 Å². The fourth-order valence-electron chi connectivity index (χ4n) is 2.13. The Bertz CT molecular complexity index is 452. The van der Waals surface area contributed by atoms with Crippen molar-refractivity contribution >= 4 is 5.84 Å². The average Bonchev–Trinajstić information content (AvgIpc) is 2.51.